The molecule has 1 N–H and O–H groups in total. The molecule has 1 aliphatic rings. The van der Waals surface area contributed by atoms with Crippen LogP contribution in [0.3, 0.4) is 0 Å². The van der Waals surface area contributed by atoms with E-state index in [1.54, 1.807) is 24.3 Å². The molecule has 1 aliphatic heterocycles. The van der Waals surface area contributed by atoms with E-state index >= 15 is 0 Å². The number of carbonyl (C=O) groups excluding carboxylic acids is 2. The molecule has 158 valence electrons. The first-order valence-corrected chi connectivity index (χ1v) is 9.42. The molecular weight excluding hydrogens is 388 g/mol. The number of hydrazone groups is 1. The average Bonchev–Trinajstić information content (AvgIpc) is 2.71. The van der Waals surface area contributed by atoms with E-state index < -0.39 is 24.6 Å². The third-order valence-corrected chi connectivity index (χ3v) is 4.40. The highest BCUT2D eigenvalue weighted by atomic mass is 16.6. The van der Waals surface area contributed by atoms with Crippen molar-refractivity contribution >= 4 is 18.1 Å². The summed E-state index contributed by atoms with van der Waals surface area (Å²) in [7, 11) is 0. The topological polar surface area (TPSA) is 109 Å². The molecule has 0 bridgehead atoms. The van der Waals surface area contributed by atoms with E-state index in [1.807, 2.05) is 18.2 Å². The number of nitrogens with zero attached hydrogens (tertiary/aromatic N) is 1. The van der Waals surface area contributed by atoms with Crippen molar-refractivity contribution in [3.05, 3.63) is 53.6 Å². The maximum absolute atomic E-state index is 12.4. The minimum absolute atomic E-state index is 0.0640. The summed E-state index contributed by atoms with van der Waals surface area (Å²) in [6, 6.07) is 12.4. The van der Waals surface area contributed by atoms with Crippen molar-refractivity contribution in [2.75, 3.05) is 13.2 Å². The van der Waals surface area contributed by atoms with Gasteiger partial charge < -0.3 is 24.1 Å². The quantitative estimate of drug-likeness (QED) is 0.569. The number of fused-ring (bicyclic) bond motifs is 1. The monoisotopic (exact) mass is 411 g/mol. The third-order valence-electron chi connectivity index (χ3n) is 4.40. The van der Waals surface area contributed by atoms with E-state index in [0.717, 1.165) is 5.56 Å². The fourth-order valence-electron chi connectivity index (χ4n) is 2.76. The summed E-state index contributed by atoms with van der Waals surface area (Å²) in [6.07, 6.45) is 0.507. The predicted molar refractivity (Wildman–Crippen MR) is 108 cm³/mol. The SMILES string of the molecule is CC(C)(C)c1ccc2c(c1)O[C@H](C(=O)NN=Cc1ccccc1OCC(=O)[O-])CO2. The van der Waals surface area contributed by atoms with Gasteiger partial charge >= 0.3 is 0 Å². The molecule has 3 rings (SSSR count). The number of nitrogens with one attached hydrogen (secondary N) is 1. The Hall–Kier alpha value is -3.55. The number of aliphatic carboxylic acids is 1. The zero-order chi connectivity index (χ0) is 21.7. The Bertz CT molecular complexity index is 964. The predicted octanol–water partition coefficient (Wildman–Crippen LogP) is 1.40. The van der Waals surface area contributed by atoms with Crippen LogP contribution in [-0.2, 0) is 15.0 Å². The van der Waals surface area contributed by atoms with Gasteiger partial charge in [0.25, 0.3) is 5.91 Å². The average molecular weight is 411 g/mol. The van der Waals surface area contributed by atoms with Crippen LogP contribution in [0.1, 0.15) is 31.9 Å². The fraction of sp³-hybridized carbons (Fsp3) is 0.318. The number of carboxylic acid groups (broad SMARTS) is 1. The van der Waals surface area contributed by atoms with Gasteiger partial charge in [0.1, 0.15) is 19.0 Å². The number of hydrogen-bond acceptors (Lipinski definition) is 7. The van der Waals surface area contributed by atoms with Crippen molar-refractivity contribution < 1.29 is 28.9 Å². The zero-order valence-electron chi connectivity index (χ0n) is 17.0. The number of carbonyl (C=O) groups is 2. The maximum atomic E-state index is 12.4. The molecule has 0 radical (unpaired) electrons. The van der Waals surface area contributed by atoms with Crippen LogP contribution in [0.25, 0.3) is 0 Å². The van der Waals surface area contributed by atoms with Crippen molar-refractivity contribution in [3.8, 4) is 17.2 Å². The minimum atomic E-state index is -1.33. The lowest BCUT2D eigenvalue weighted by molar-refractivity contribution is -0.307. The summed E-state index contributed by atoms with van der Waals surface area (Å²) < 4.78 is 16.6. The highest BCUT2D eigenvalue weighted by molar-refractivity contribution is 5.86. The number of benzene rings is 2. The molecule has 8 nitrogen and oxygen atoms in total. The second-order valence-corrected chi connectivity index (χ2v) is 7.76. The molecule has 0 spiro atoms. The number of amides is 1. The molecule has 1 heterocycles. The number of carboxylic acids is 1. The lowest BCUT2D eigenvalue weighted by atomic mass is 9.87. The molecule has 1 amide bonds. The Labute approximate surface area is 174 Å². The lowest BCUT2D eigenvalue weighted by Crippen LogP contribution is -2.42. The molecule has 0 fully saturated rings. The van der Waals surface area contributed by atoms with Gasteiger partial charge in [-0.25, -0.2) is 5.43 Å². The molecule has 2 aromatic rings. The summed E-state index contributed by atoms with van der Waals surface area (Å²) in [4.78, 5) is 23.0. The Morgan fingerprint density at radius 1 is 1.23 bits per heavy atom. The van der Waals surface area contributed by atoms with Crippen LogP contribution < -0.4 is 24.7 Å². The maximum Gasteiger partial charge on any atom is 0.284 e. The largest absolute Gasteiger partial charge is 0.546 e. The summed E-state index contributed by atoms with van der Waals surface area (Å²) >= 11 is 0. The summed E-state index contributed by atoms with van der Waals surface area (Å²) in [5.41, 5.74) is 3.91. The van der Waals surface area contributed by atoms with Crippen LogP contribution in [0.5, 0.6) is 17.2 Å². The van der Waals surface area contributed by atoms with Gasteiger partial charge in [-0.15, -0.1) is 0 Å². The van der Waals surface area contributed by atoms with E-state index in [4.69, 9.17) is 14.2 Å². The Kier molecular flexibility index (Phi) is 6.25. The van der Waals surface area contributed by atoms with Crippen LogP contribution >= 0.6 is 0 Å². The summed E-state index contributed by atoms with van der Waals surface area (Å²) in [5.74, 6) is -0.389. The van der Waals surface area contributed by atoms with Crippen LogP contribution in [0, 0.1) is 0 Å². The van der Waals surface area contributed by atoms with Gasteiger partial charge in [-0.3, -0.25) is 4.79 Å². The molecule has 0 aromatic heterocycles. The van der Waals surface area contributed by atoms with Crippen molar-refractivity contribution in [1.29, 1.82) is 0 Å². The van der Waals surface area contributed by atoms with Gasteiger partial charge in [0.2, 0.25) is 6.10 Å². The smallest absolute Gasteiger partial charge is 0.284 e. The fourth-order valence-corrected chi connectivity index (χ4v) is 2.76. The van der Waals surface area contributed by atoms with Gasteiger partial charge in [-0.05, 0) is 35.2 Å². The molecule has 0 saturated heterocycles. The van der Waals surface area contributed by atoms with Gasteiger partial charge in [0.05, 0.1) is 12.2 Å². The molecule has 8 heteroatoms. The van der Waals surface area contributed by atoms with Gasteiger partial charge in [-0.2, -0.15) is 5.10 Å². The van der Waals surface area contributed by atoms with Crippen LogP contribution in [0.15, 0.2) is 47.6 Å². The van der Waals surface area contributed by atoms with E-state index in [0.29, 0.717) is 22.8 Å². The van der Waals surface area contributed by atoms with Crippen LogP contribution in [-0.4, -0.2) is 37.4 Å². The Morgan fingerprint density at radius 2 is 2.00 bits per heavy atom. The van der Waals surface area contributed by atoms with Crippen LogP contribution in [0.2, 0.25) is 0 Å². The normalized spacial score (nSPS) is 15.6. The van der Waals surface area contributed by atoms with E-state index in [2.05, 4.69) is 31.3 Å². The zero-order valence-corrected chi connectivity index (χ0v) is 17.0. The highest BCUT2D eigenvalue weighted by Crippen LogP contribution is 2.36. The van der Waals surface area contributed by atoms with Crippen molar-refractivity contribution in [2.45, 2.75) is 32.3 Å². The highest BCUT2D eigenvalue weighted by Gasteiger charge is 2.28. The Balaban J connectivity index is 1.63. The van der Waals surface area contributed by atoms with Crippen LogP contribution in [0.4, 0.5) is 0 Å². The standard InChI is InChI=1S/C22H24N2O6/c1-22(2,3)15-8-9-17-18(10-15)30-19(12-28-17)21(27)24-23-11-14-6-4-5-7-16(14)29-13-20(25)26/h4-11,19H,12-13H2,1-3H3,(H,24,27)(H,25,26)/p-1/t19-/m0/s1. The summed E-state index contributed by atoms with van der Waals surface area (Å²) in [5, 5.41) is 14.5. The van der Waals surface area contributed by atoms with Crippen molar-refractivity contribution in [2.24, 2.45) is 5.10 Å². The van der Waals surface area contributed by atoms with Gasteiger partial charge in [-0.1, -0.05) is 39.0 Å². The van der Waals surface area contributed by atoms with E-state index in [-0.39, 0.29) is 12.0 Å². The van der Waals surface area contributed by atoms with Gasteiger partial charge in [0.15, 0.2) is 11.5 Å². The number of hydrogen-bond donors (Lipinski definition) is 1. The first-order chi connectivity index (χ1) is 14.2. The minimum Gasteiger partial charge on any atom is -0.546 e. The van der Waals surface area contributed by atoms with E-state index in [9.17, 15) is 14.7 Å². The molecule has 1 atom stereocenters. The number of ether oxygens (including phenoxy) is 3. The van der Waals surface area contributed by atoms with E-state index in [1.165, 1.54) is 6.21 Å². The Morgan fingerprint density at radius 3 is 2.73 bits per heavy atom. The molecule has 0 saturated carbocycles. The first kappa shape index (κ1) is 21.2. The summed E-state index contributed by atoms with van der Waals surface area (Å²) in [6.45, 7) is 5.75. The van der Waals surface area contributed by atoms with Crippen molar-refractivity contribution in [1.82, 2.24) is 5.43 Å². The molecule has 30 heavy (non-hydrogen) atoms. The third kappa shape index (κ3) is 5.28. The first-order valence-electron chi connectivity index (χ1n) is 9.42. The molecule has 0 unspecified atom stereocenters. The molecule has 0 aliphatic carbocycles. The molecular formula is C22H23N2O6-. The van der Waals surface area contributed by atoms with Gasteiger partial charge in [0, 0.05) is 5.56 Å². The number of rotatable bonds is 6. The second kappa shape index (κ2) is 8.86. The lowest BCUT2D eigenvalue weighted by Gasteiger charge is -2.27. The molecule has 2 aromatic carbocycles. The van der Waals surface area contributed by atoms with Crippen molar-refractivity contribution in [3.63, 3.8) is 0 Å². The second-order valence-electron chi connectivity index (χ2n) is 7.76. The number of para-hydroxylation sites is 1.